The molecule has 0 spiro atoms. The fourth-order valence-corrected chi connectivity index (χ4v) is 4.75. The van der Waals surface area contributed by atoms with E-state index >= 15 is 0 Å². The van der Waals surface area contributed by atoms with Crippen LogP contribution in [0.2, 0.25) is 0 Å². The number of aryl methyl sites for hydroxylation is 1. The quantitative estimate of drug-likeness (QED) is 0.799. The second-order valence-electron chi connectivity index (χ2n) is 6.54. The van der Waals surface area contributed by atoms with Gasteiger partial charge in [-0.05, 0) is 41.6 Å². The molecular formula is C19H22N3O2P. The smallest absolute Gasteiger partial charge is 0.252 e. The summed E-state index contributed by atoms with van der Waals surface area (Å²) in [5, 5.41) is 14.1. The van der Waals surface area contributed by atoms with Crippen molar-refractivity contribution in [3.8, 4) is 5.75 Å². The minimum Gasteiger partial charge on any atom is -0.508 e. The highest BCUT2D eigenvalue weighted by atomic mass is 31.1. The van der Waals surface area contributed by atoms with E-state index in [1.807, 2.05) is 30.2 Å². The first-order chi connectivity index (χ1) is 12.1. The molecule has 1 amide bonds. The molecule has 130 valence electrons. The fourth-order valence-electron chi connectivity index (χ4n) is 3.37. The molecule has 2 N–H and O–H groups in total. The Kier molecular flexibility index (Phi) is 4.36. The number of hydrogen-bond donors (Lipinski definition) is 2. The molecule has 3 heterocycles. The summed E-state index contributed by atoms with van der Waals surface area (Å²) < 4.78 is 0. The number of hydrogen-bond acceptors (Lipinski definition) is 4. The summed E-state index contributed by atoms with van der Waals surface area (Å²) in [4.78, 5) is 16.9. The standard InChI is InChI=1S/C19H22N3O2P/c1-13-10-14(2-4-16(13)23)17-11-18(24)22-12-15(3-5-19(22)25-17)21-8-6-20-7-9-21/h2-5,10-12,19-20,23,25H,6-9H2,1H3. The number of nitrogens with zero attached hydrogens (tertiary/aromatic N) is 2. The van der Waals surface area contributed by atoms with Crippen molar-refractivity contribution in [3.63, 3.8) is 0 Å². The Morgan fingerprint density at radius 2 is 2.08 bits per heavy atom. The molecular weight excluding hydrogens is 333 g/mol. The molecule has 6 heteroatoms. The first kappa shape index (κ1) is 16.4. The van der Waals surface area contributed by atoms with Crippen LogP contribution in [0.4, 0.5) is 0 Å². The van der Waals surface area contributed by atoms with E-state index in [4.69, 9.17) is 0 Å². The zero-order valence-corrected chi connectivity index (χ0v) is 15.2. The van der Waals surface area contributed by atoms with E-state index in [1.54, 1.807) is 12.1 Å². The van der Waals surface area contributed by atoms with Gasteiger partial charge < -0.3 is 20.2 Å². The number of aromatic hydroxyl groups is 1. The highest BCUT2D eigenvalue weighted by molar-refractivity contribution is 7.51. The van der Waals surface area contributed by atoms with Crippen LogP contribution in [-0.4, -0.2) is 52.8 Å². The van der Waals surface area contributed by atoms with Gasteiger partial charge in [-0.1, -0.05) is 20.7 Å². The number of rotatable bonds is 2. The Morgan fingerprint density at radius 3 is 2.84 bits per heavy atom. The number of benzene rings is 1. The maximum Gasteiger partial charge on any atom is 0.252 e. The van der Waals surface area contributed by atoms with E-state index in [2.05, 4.69) is 22.4 Å². The number of fused-ring (bicyclic) bond motifs is 1. The van der Waals surface area contributed by atoms with Gasteiger partial charge in [-0.2, -0.15) is 0 Å². The lowest BCUT2D eigenvalue weighted by Crippen LogP contribution is -2.44. The minimum atomic E-state index is 0.0291. The zero-order valence-electron chi connectivity index (χ0n) is 14.2. The highest BCUT2D eigenvalue weighted by Gasteiger charge is 2.29. The number of amides is 1. The lowest BCUT2D eigenvalue weighted by atomic mass is 10.1. The molecule has 3 aliphatic heterocycles. The topological polar surface area (TPSA) is 55.8 Å². The van der Waals surface area contributed by atoms with Crippen molar-refractivity contribution >= 4 is 19.8 Å². The van der Waals surface area contributed by atoms with Gasteiger partial charge in [0.15, 0.2) is 0 Å². The van der Waals surface area contributed by atoms with Crippen LogP contribution in [0.15, 0.2) is 48.3 Å². The average molecular weight is 355 g/mol. The maximum atomic E-state index is 12.7. The normalized spacial score (nSPS) is 24.2. The fraction of sp³-hybridized carbons (Fsp3) is 0.316. The lowest BCUT2D eigenvalue weighted by molar-refractivity contribution is -0.123. The number of allylic oxidation sites excluding steroid dienone is 1. The predicted molar refractivity (Wildman–Crippen MR) is 101 cm³/mol. The number of carbonyl (C=O) groups excluding carboxylic acids is 1. The summed E-state index contributed by atoms with van der Waals surface area (Å²) in [7, 11) is 0.500. The van der Waals surface area contributed by atoms with Crippen LogP contribution in [0.1, 0.15) is 11.1 Å². The third-order valence-electron chi connectivity index (χ3n) is 4.84. The molecule has 1 aromatic rings. The summed E-state index contributed by atoms with van der Waals surface area (Å²) in [6, 6.07) is 5.54. The zero-order chi connectivity index (χ0) is 17.4. The van der Waals surface area contributed by atoms with Gasteiger partial charge in [0, 0.05) is 38.5 Å². The Balaban J connectivity index is 1.58. The molecule has 0 bridgehead atoms. The van der Waals surface area contributed by atoms with Gasteiger partial charge in [0.2, 0.25) is 0 Å². The second-order valence-corrected chi connectivity index (χ2v) is 7.96. The van der Waals surface area contributed by atoms with Crippen molar-refractivity contribution in [1.82, 2.24) is 15.1 Å². The number of phenolic OH excluding ortho intramolecular Hbond substituents is 1. The lowest BCUT2D eigenvalue weighted by Gasteiger charge is -2.37. The van der Waals surface area contributed by atoms with Gasteiger partial charge in [-0.25, -0.2) is 0 Å². The molecule has 0 aliphatic carbocycles. The molecule has 0 radical (unpaired) electrons. The van der Waals surface area contributed by atoms with Crippen LogP contribution < -0.4 is 5.32 Å². The van der Waals surface area contributed by atoms with Crippen LogP contribution in [0.25, 0.3) is 5.31 Å². The number of phenols is 1. The number of piperazine rings is 1. The van der Waals surface area contributed by atoms with Crippen molar-refractivity contribution < 1.29 is 9.90 Å². The minimum absolute atomic E-state index is 0.0291. The summed E-state index contributed by atoms with van der Waals surface area (Å²) in [6.45, 7) is 5.78. The van der Waals surface area contributed by atoms with E-state index in [0.717, 1.165) is 48.3 Å². The molecule has 1 saturated heterocycles. The molecule has 25 heavy (non-hydrogen) atoms. The SMILES string of the molecule is Cc1cc(C2=CC(=O)N3C=C(N4CCNCC4)C=CC3P2)ccc1O. The van der Waals surface area contributed by atoms with Crippen LogP contribution in [-0.2, 0) is 4.79 Å². The summed E-state index contributed by atoms with van der Waals surface area (Å²) in [5.74, 6) is 0.410. The van der Waals surface area contributed by atoms with E-state index in [9.17, 15) is 9.90 Å². The van der Waals surface area contributed by atoms with Crippen molar-refractivity contribution in [1.29, 1.82) is 0 Å². The molecule has 1 fully saturated rings. The van der Waals surface area contributed by atoms with Gasteiger partial charge in [0.25, 0.3) is 5.91 Å². The van der Waals surface area contributed by atoms with E-state index in [-0.39, 0.29) is 17.4 Å². The molecule has 0 saturated carbocycles. The molecule has 1 aromatic carbocycles. The monoisotopic (exact) mass is 355 g/mol. The van der Waals surface area contributed by atoms with Gasteiger partial charge in [-0.15, -0.1) is 0 Å². The first-order valence-corrected chi connectivity index (χ1v) is 9.66. The maximum absolute atomic E-state index is 12.7. The van der Waals surface area contributed by atoms with Crippen LogP contribution in [0.5, 0.6) is 5.75 Å². The summed E-state index contributed by atoms with van der Waals surface area (Å²) in [5.41, 5.74) is 2.97. The molecule has 4 rings (SSSR count). The average Bonchev–Trinajstić information content (AvgIpc) is 2.64. The van der Waals surface area contributed by atoms with Crippen LogP contribution in [0, 0.1) is 6.92 Å². The van der Waals surface area contributed by atoms with Gasteiger partial charge in [-0.3, -0.25) is 4.79 Å². The van der Waals surface area contributed by atoms with Gasteiger partial charge in [0.1, 0.15) is 5.75 Å². The predicted octanol–water partition coefficient (Wildman–Crippen LogP) is 2.20. The van der Waals surface area contributed by atoms with E-state index in [0.29, 0.717) is 8.58 Å². The highest BCUT2D eigenvalue weighted by Crippen LogP contribution is 2.45. The molecule has 5 nitrogen and oxygen atoms in total. The largest absolute Gasteiger partial charge is 0.508 e. The third kappa shape index (κ3) is 3.22. The van der Waals surface area contributed by atoms with E-state index in [1.165, 1.54) is 0 Å². The Bertz CT molecular complexity index is 794. The number of nitrogens with one attached hydrogen (secondary N) is 1. The number of carbonyl (C=O) groups is 1. The Morgan fingerprint density at radius 1 is 1.28 bits per heavy atom. The third-order valence-corrected chi connectivity index (χ3v) is 6.35. The Labute approximate surface area is 149 Å². The summed E-state index contributed by atoms with van der Waals surface area (Å²) in [6.07, 6.45) is 8.04. The summed E-state index contributed by atoms with van der Waals surface area (Å²) >= 11 is 0. The van der Waals surface area contributed by atoms with Gasteiger partial charge in [0.05, 0.1) is 11.5 Å². The molecule has 0 aromatic heterocycles. The van der Waals surface area contributed by atoms with E-state index < -0.39 is 0 Å². The molecule has 2 atom stereocenters. The molecule has 3 aliphatic rings. The van der Waals surface area contributed by atoms with Crippen LogP contribution >= 0.6 is 8.58 Å². The van der Waals surface area contributed by atoms with Crippen molar-refractivity contribution in [2.45, 2.75) is 12.7 Å². The van der Waals surface area contributed by atoms with Crippen molar-refractivity contribution in [2.24, 2.45) is 0 Å². The van der Waals surface area contributed by atoms with Gasteiger partial charge >= 0.3 is 0 Å². The van der Waals surface area contributed by atoms with Crippen molar-refractivity contribution in [3.05, 3.63) is 59.5 Å². The van der Waals surface area contributed by atoms with Crippen molar-refractivity contribution in [2.75, 3.05) is 26.2 Å². The molecule has 2 unspecified atom stereocenters. The first-order valence-electron chi connectivity index (χ1n) is 8.58. The Hall–Kier alpha value is -2.10. The second kappa shape index (κ2) is 6.66. The van der Waals surface area contributed by atoms with Crippen LogP contribution in [0.3, 0.4) is 0 Å².